The second kappa shape index (κ2) is 2.34. The number of halogens is 1. The second-order valence-corrected chi connectivity index (χ2v) is 2.66. The van der Waals surface area contributed by atoms with Crippen LogP contribution in [0.3, 0.4) is 0 Å². The molecular formula is C7H10FN. The van der Waals surface area contributed by atoms with E-state index >= 15 is 0 Å². The molecule has 1 saturated carbocycles. The van der Waals surface area contributed by atoms with Gasteiger partial charge in [0, 0.05) is 6.42 Å². The molecule has 0 aromatic heterocycles. The van der Waals surface area contributed by atoms with Crippen LogP contribution in [-0.4, -0.2) is 5.67 Å². The SMILES string of the molecule is N#CCCC1(F)CCC1. The summed E-state index contributed by atoms with van der Waals surface area (Å²) in [4.78, 5) is 0. The van der Waals surface area contributed by atoms with E-state index in [0.717, 1.165) is 6.42 Å². The zero-order valence-corrected chi connectivity index (χ0v) is 5.36. The lowest BCUT2D eigenvalue weighted by molar-refractivity contribution is 0.0555. The topological polar surface area (TPSA) is 23.8 Å². The van der Waals surface area contributed by atoms with Crippen molar-refractivity contribution in [1.82, 2.24) is 0 Å². The molecule has 0 aromatic rings. The molecule has 1 aliphatic rings. The molecule has 0 saturated heterocycles. The summed E-state index contributed by atoms with van der Waals surface area (Å²) in [5, 5.41) is 8.13. The minimum atomic E-state index is -0.949. The van der Waals surface area contributed by atoms with Gasteiger partial charge in [-0.15, -0.1) is 0 Å². The molecule has 0 aliphatic heterocycles. The Morgan fingerprint density at radius 1 is 1.56 bits per heavy atom. The average Bonchev–Trinajstić information content (AvgIpc) is 1.79. The van der Waals surface area contributed by atoms with Crippen LogP contribution >= 0.6 is 0 Å². The van der Waals surface area contributed by atoms with Gasteiger partial charge in [-0.25, -0.2) is 4.39 Å². The van der Waals surface area contributed by atoms with Crippen LogP contribution in [0.25, 0.3) is 0 Å². The highest BCUT2D eigenvalue weighted by Gasteiger charge is 2.35. The Balaban J connectivity index is 2.19. The maximum atomic E-state index is 12.9. The van der Waals surface area contributed by atoms with Crippen molar-refractivity contribution in [3.05, 3.63) is 0 Å². The van der Waals surface area contributed by atoms with Crippen molar-refractivity contribution in [3.8, 4) is 6.07 Å². The Hall–Kier alpha value is -0.580. The monoisotopic (exact) mass is 127 g/mol. The summed E-state index contributed by atoms with van der Waals surface area (Å²) in [5.41, 5.74) is -0.949. The van der Waals surface area contributed by atoms with E-state index in [9.17, 15) is 4.39 Å². The molecule has 9 heavy (non-hydrogen) atoms. The molecule has 1 nitrogen and oxygen atoms in total. The average molecular weight is 127 g/mol. The van der Waals surface area contributed by atoms with Gasteiger partial charge in [-0.3, -0.25) is 0 Å². The predicted octanol–water partition coefficient (Wildman–Crippen LogP) is 2.18. The van der Waals surface area contributed by atoms with Gasteiger partial charge in [-0.2, -0.15) is 5.26 Å². The number of rotatable bonds is 2. The molecule has 0 heterocycles. The molecule has 0 amide bonds. The van der Waals surface area contributed by atoms with Crippen molar-refractivity contribution in [3.63, 3.8) is 0 Å². The van der Waals surface area contributed by atoms with Crippen molar-refractivity contribution in [2.24, 2.45) is 0 Å². The summed E-state index contributed by atoms with van der Waals surface area (Å²) in [7, 11) is 0. The number of nitrogens with zero attached hydrogens (tertiary/aromatic N) is 1. The number of hydrogen-bond donors (Lipinski definition) is 0. The highest BCUT2D eigenvalue weighted by atomic mass is 19.1. The fraction of sp³-hybridized carbons (Fsp3) is 0.857. The van der Waals surface area contributed by atoms with Gasteiger partial charge in [0.2, 0.25) is 0 Å². The highest BCUT2D eigenvalue weighted by molar-refractivity contribution is 4.90. The first-order chi connectivity index (χ1) is 4.27. The Kier molecular flexibility index (Phi) is 1.70. The molecule has 0 N–H and O–H groups in total. The summed E-state index contributed by atoms with van der Waals surface area (Å²) in [6.45, 7) is 0. The van der Waals surface area contributed by atoms with E-state index in [1.807, 2.05) is 6.07 Å². The first-order valence-corrected chi connectivity index (χ1v) is 3.33. The maximum Gasteiger partial charge on any atom is 0.112 e. The molecule has 1 fully saturated rings. The third-order valence-corrected chi connectivity index (χ3v) is 1.93. The summed E-state index contributed by atoms with van der Waals surface area (Å²) < 4.78 is 12.9. The van der Waals surface area contributed by atoms with E-state index in [1.54, 1.807) is 0 Å². The Labute approximate surface area is 54.5 Å². The fourth-order valence-corrected chi connectivity index (χ4v) is 1.09. The summed E-state index contributed by atoms with van der Waals surface area (Å²) in [6.07, 6.45) is 3.17. The lowest BCUT2D eigenvalue weighted by Gasteiger charge is -2.32. The summed E-state index contributed by atoms with van der Waals surface area (Å²) in [6, 6.07) is 1.95. The summed E-state index contributed by atoms with van der Waals surface area (Å²) >= 11 is 0. The van der Waals surface area contributed by atoms with Gasteiger partial charge in [0.05, 0.1) is 6.07 Å². The van der Waals surface area contributed by atoms with E-state index in [4.69, 9.17) is 5.26 Å². The molecule has 0 spiro atoms. The zero-order valence-electron chi connectivity index (χ0n) is 5.36. The van der Waals surface area contributed by atoms with Gasteiger partial charge in [0.1, 0.15) is 5.67 Å². The van der Waals surface area contributed by atoms with Crippen LogP contribution in [0.2, 0.25) is 0 Å². The van der Waals surface area contributed by atoms with Crippen molar-refractivity contribution in [2.75, 3.05) is 0 Å². The van der Waals surface area contributed by atoms with Crippen LogP contribution < -0.4 is 0 Å². The highest BCUT2D eigenvalue weighted by Crippen LogP contribution is 2.39. The predicted molar refractivity (Wildman–Crippen MR) is 32.5 cm³/mol. The Bertz CT molecular complexity index is 132. The molecule has 1 rings (SSSR count). The molecule has 2 heteroatoms. The Morgan fingerprint density at radius 2 is 2.22 bits per heavy atom. The van der Waals surface area contributed by atoms with Crippen molar-refractivity contribution in [2.45, 2.75) is 37.8 Å². The number of nitriles is 1. The van der Waals surface area contributed by atoms with Crippen LogP contribution in [0.5, 0.6) is 0 Å². The third kappa shape index (κ3) is 1.41. The first-order valence-electron chi connectivity index (χ1n) is 3.33. The van der Waals surface area contributed by atoms with E-state index in [0.29, 0.717) is 25.7 Å². The first kappa shape index (κ1) is 6.54. The second-order valence-electron chi connectivity index (χ2n) is 2.66. The van der Waals surface area contributed by atoms with Gasteiger partial charge in [-0.1, -0.05) is 0 Å². The molecule has 0 bridgehead atoms. The van der Waals surface area contributed by atoms with Crippen LogP contribution in [0, 0.1) is 11.3 Å². The van der Waals surface area contributed by atoms with Gasteiger partial charge in [0.15, 0.2) is 0 Å². The largest absolute Gasteiger partial charge is 0.244 e. The minimum absolute atomic E-state index is 0.372. The van der Waals surface area contributed by atoms with Crippen LogP contribution in [0.4, 0.5) is 4.39 Å². The number of alkyl halides is 1. The van der Waals surface area contributed by atoms with E-state index in [-0.39, 0.29) is 0 Å². The summed E-state index contributed by atoms with van der Waals surface area (Å²) in [5.74, 6) is 0. The molecular weight excluding hydrogens is 117 g/mol. The molecule has 50 valence electrons. The molecule has 0 unspecified atom stereocenters. The molecule has 1 aliphatic carbocycles. The fourth-order valence-electron chi connectivity index (χ4n) is 1.09. The van der Waals surface area contributed by atoms with E-state index in [2.05, 4.69) is 0 Å². The smallest absolute Gasteiger partial charge is 0.112 e. The van der Waals surface area contributed by atoms with E-state index < -0.39 is 5.67 Å². The van der Waals surface area contributed by atoms with Crippen LogP contribution in [-0.2, 0) is 0 Å². The standard InChI is InChI=1S/C7H10FN/c8-7(3-1-4-7)5-2-6-9/h1-5H2. The van der Waals surface area contributed by atoms with Crippen LogP contribution in [0.15, 0.2) is 0 Å². The van der Waals surface area contributed by atoms with Crippen molar-refractivity contribution in [1.29, 1.82) is 5.26 Å². The lowest BCUT2D eigenvalue weighted by Crippen LogP contribution is -2.31. The lowest BCUT2D eigenvalue weighted by atomic mass is 9.79. The van der Waals surface area contributed by atoms with Crippen molar-refractivity contribution >= 4 is 0 Å². The van der Waals surface area contributed by atoms with E-state index in [1.165, 1.54) is 0 Å². The van der Waals surface area contributed by atoms with Gasteiger partial charge in [0.25, 0.3) is 0 Å². The maximum absolute atomic E-state index is 12.9. The zero-order chi connectivity index (χ0) is 6.74. The van der Waals surface area contributed by atoms with Gasteiger partial charge < -0.3 is 0 Å². The quantitative estimate of drug-likeness (QED) is 0.557. The van der Waals surface area contributed by atoms with Gasteiger partial charge in [-0.05, 0) is 25.7 Å². The molecule has 0 aromatic carbocycles. The number of hydrogen-bond acceptors (Lipinski definition) is 1. The molecule has 0 atom stereocenters. The third-order valence-electron chi connectivity index (χ3n) is 1.93. The molecule has 0 radical (unpaired) electrons. The van der Waals surface area contributed by atoms with Gasteiger partial charge >= 0.3 is 0 Å². The normalized spacial score (nSPS) is 22.2. The van der Waals surface area contributed by atoms with Crippen LogP contribution in [0.1, 0.15) is 32.1 Å². The Morgan fingerprint density at radius 3 is 2.56 bits per heavy atom. The van der Waals surface area contributed by atoms with Crippen molar-refractivity contribution < 1.29 is 4.39 Å². The minimum Gasteiger partial charge on any atom is -0.244 e.